The summed E-state index contributed by atoms with van der Waals surface area (Å²) in [5, 5.41) is 11.3. The molecule has 148 valence electrons. The van der Waals surface area contributed by atoms with Gasteiger partial charge in [0.15, 0.2) is 5.75 Å². The standard InChI is InChI=1S/C21H25N3O4/c1-13-9-10-16(24-18-8-3-4-11-27-18)15(12-22)20(13)28-17-7-5-6-14(19(17)23)21(25)26-2/h5-7,9-10,12,18,22,24H,3-4,8,11,23H2,1-2H3. The fourth-order valence-corrected chi connectivity index (χ4v) is 3.17. The second-order valence-corrected chi connectivity index (χ2v) is 6.63. The fraction of sp³-hybridized carbons (Fsp3) is 0.333. The third kappa shape index (κ3) is 4.09. The smallest absolute Gasteiger partial charge is 0.340 e. The zero-order valence-electron chi connectivity index (χ0n) is 16.1. The van der Waals surface area contributed by atoms with Gasteiger partial charge in [-0.1, -0.05) is 12.1 Å². The van der Waals surface area contributed by atoms with E-state index in [0.29, 0.717) is 17.1 Å². The highest BCUT2D eigenvalue weighted by Crippen LogP contribution is 2.37. The van der Waals surface area contributed by atoms with Gasteiger partial charge in [0.25, 0.3) is 0 Å². The van der Waals surface area contributed by atoms with E-state index in [1.54, 1.807) is 18.2 Å². The van der Waals surface area contributed by atoms with Crippen LogP contribution in [0.3, 0.4) is 0 Å². The van der Waals surface area contributed by atoms with Crippen LogP contribution in [0.5, 0.6) is 11.5 Å². The quantitative estimate of drug-likeness (QED) is 0.394. The Hall–Kier alpha value is -3.06. The van der Waals surface area contributed by atoms with E-state index in [-0.39, 0.29) is 17.5 Å². The predicted molar refractivity (Wildman–Crippen MR) is 109 cm³/mol. The first-order valence-corrected chi connectivity index (χ1v) is 9.22. The van der Waals surface area contributed by atoms with E-state index in [1.165, 1.54) is 13.3 Å². The summed E-state index contributed by atoms with van der Waals surface area (Å²) in [6.45, 7) is 2.62. The molecule has 0 amide bonds. The van der Waals surface area contributed by atoms with Crippen LogP contribution in [-0.2, 0) is 9.47 Å². The zero-order chi connectivity index (χ0) is 20.1. The molecule has 0 saturated carbocycles. The Bertz CT molecular complexity index is 876. The van der Waals surface area contributed by atoms with Gasteiger partial charge in [-0.2, -0.15) is 0 Å². The Morgan fingerprint density at radius 3 is 2.82 bits per heavy atom. The van der Waals surface area contributed by atoms with Crippen LogP contribution in [0.4, 0.5) is 11.4 Å². The van der Waals surface area contributed by atoms with Crippen LogP contribution < -0.4 is 15.8 Å². The van der Waals surface area contributed by atoms with Gasteiger partial charge in [0.05, 0.1) is 23.9 Å². The van der Waals surface area contributed by atoms with E-state index in [1.807, 2.05) is 19.1 Å². The second-order valence-electron chi connectivity index (χ2n) is 6.63. The maximum atomic E-state index is 11.9. The van der Waals surface area contributed by atoms with Crippen LogP contribution in [0.25, 0.3) is 0 Å². The van der Waals surface area contributed by atoms with Crippen molar-refractivity contribution in [1.29, 1.82) is 5.41 Å². The van der Waals surface area contributed by atoms with Gasteiger partial charge in [-0.25, -0.2) is 4.79 Å². The van der Waals surface area contributed by atoms with Crippen molar-refractivity contribution in [2.24, 2.45) is 0 Å². The molecule has 7 nitrogen and oxygen atoms in total. The number of para-hydroxylation sites is 1. The Kier molecular flexibility index (Phi) is 6.16. The molecule has 0 radical (unpaired) electrons. The van der Waals surface area contributed by atoms with Crippen molar-refractivity contribution in [3.05, 3.63) is 47.0 Å². The molecule has 1 atom stereocenters. The highest BCUT2D eigenvalue weighted by molar-refractivity contribution is 5.97. The van der Waals surface area contributed by atoms with Crippen molar-refractivity contribution >= 4 is 23.6 Å². The number of carbonyl (C=O) groups is 1. The van der Waals surface area contributed by atoms with Gasteiger partial charge >= 0.3 is 5.97 Å². The van der Waals surface area contributed by atoms with Crippen LogP contribution >= 0.6 is 0 Å². The molecular weight excluding hydrogens is 358 g/mol. The van der Waals surface area contributed by atoms with Crippen LogP contribution in [0, 0.1) is 12.3 Å². The highest BCUT2D eigenvalue weighted by atomic mass is 16.5. The van der Waals surface area contributed by atoms with Gasteiger partial charge in [0, 0.05) is 18.5 Å². The Morgan fingerprint density at radius 1 is 1.32 bits per heavy atom. The molecule has 1 heterocycles. The second kappa shape index (κ2) is 8.75. The number of carbonyl (C=O) groups excluding carboxylic acids is 1. The molecule has 2 aromatic carbocycles. The van der Waals surface area contributed by atoms with E-state index in [4.69, 9.17) is 25.4 Å². The van der Waals surface area contributed by atoms with E-state index >= 15 is 0 Å². The molecule has 1 saturated heterocycles. The van der Waals surface area contributed by atoms with Crippen LogP contribution in [0.1, 0.15) is 40.7 Å². The summed E-state index contributed by atoms with van der Waals surface area (Å²) in [5.41, 5.74) is 8.74. The summed E-state index contributed by atoms with van der Waals surface area (Å²) in [6, 6.07) is 8.76. The number of ether oxygens (including phenoxy) is 3. The normalized spacial score (nSPS) is 16.3. The van der Waals surface area contributed by atoms with Crippen molar-refractivity contribution in [2.45, 2.75) is 32.4 Å². The molecule has 0 aromatic heterocycles. The molecular formula is C21H25N3O4. The lowest BCUT2D eigenvalue weighted by molar-refractivity contribution is 0.0343. The van der Waals surface area contributed by atoms with Crippen molar-refractivity contribution in [3.8, 4) is 11.5 Å². The number of nitrogens with two attached hydrogens (primary N) is 1. The number of methoxy groups -OCH3 is 1. The first kappa shape index (κ1) is 19.7. The molecule has 1 aliphatic heterocycles. The Labute approximate surface area is 164 Å². The first-order valence-electron chi connectivity index (χ1n) is 9.22. The monoisotopic (exact) mass is 383 g/mol. The van der Waals surface area contributed by atoms with Crippen LogP contribution in [0.2, 0.25) is 0 Å². The molecule has 2 aromatic rings. The summed E-state index contributed by atoms with van der Waals surface area (Å²) in [6.07, 6.45) is 4.23. The number of nitrogen functional groups attached to an aromatic ring is 1. The van der Waals surface area contributed by atoms with Gasteiger partial charge in [-0.05, 0) is 49.9 Å². The number of anilines is 2. The lowest BCUT2D eigenvalue weighted by Gasteiger charge is -2.26. The topological polar surface area (TPSA) is 107 Å². The maximum absolute atomic E-state index is 11.9. The lowest BCUT2D eigenvalue weighted by Crippen LogP contribution is -2.27. The molecule has 4 N–H and O–H groups in total. The van der Waals surface area contributed by atoms with Gasteiger partial charge in [-0.15, -0.1) is 0 Å². The van der Waals surface area contributed by atoms with Gasteiger partial charge in [-0.3, -0.25) is 0 Å². The zero-order valence-corrected chi connectivity index (χ0v) is 16.1. The molecule has 0 aliphatic carbocycles. The summed E-state index contributed by atoms with van der Waals surface area (Å²) in [7, 11) is 1.30. The molecule has 28 heavy (non-hydrogen) atoms. The minimum Gasteiger partial charge on any atom is -0.465 e. The highest BCUT2D eigenvalue weighted by Gasteiger charge is 2.20. The number of hydrogen-bond acceptors (Lipinski definition) is 7. The summed E-state index contributed by atoms with van der Waals surface area (Å²) >= 11 is 0. The predicted octanol–water partition coefficient (Wildman–Crippen LogP) is 4.09. The minimum atomic E-state index is -0.531. The van der Waals surface area contributed by atoms with Crippen LogP contribution in [-0.4, -0.2) is 32.1 Å². The van der Waals surface area contributed by atoms with Gasteiger partial charge < -0.3 is 30.7 Å². The van der Waals surface area contributed by atoms with Crippen LogP contribution in [0.15, 0.2) is 30.3 Å². The van der Waals surface area contributed by atoms with E-state index < -0.39 is 5.97 Å². The molecule has 3 rings (SSSR count). The number of aryl methyl sites for hydroxylation is 1. The average molecular weight is 383 g/mol. The van der Waals surface area contributed by atoms with E-state index in [0.717, 1.165) is 37.1 Å². The van der Waals surface area contributed by atoms with Crippen molar-refractivity contribution in [2.75, 3.05) is 24.8 Å². The van der Waals surface area contributed by atoms with Crippen molar-refractivity contribution in [3.63, 3.8) is 0 Å². The first-order chi connectivity index (χ1) is 13.5. The molecule has 0 bridgehead atoms. The number of rotatable bonds is 6. The lowest BCUT2D eigenvalue weighted by atomic mass is 10.1. The molecule has 1 fully saturated rings. The maximum Gasteiger partial charge on any atom is 0.340 e. The fourth-order valence-electron chi connectivity index (χ4n) is 3.17. The molecule has 7 heteroatoms. The summed E-state index contributed by atoms with van der Waals surface area (Å²) in [5.74, 6) is 0.307. The largest absolute Gasteiger partial charge is 0.465 e. The van der Waals surface area contributed by atoms with Gasteiger partial charge in [0.1, 0.15) is 12.0 Å². The Morgan fingerprint density at radius 2 is 2.14 bits per heavy atom. The Balaban J connectivity index is 1.94. The summed E-state index contributed by atoms with van der Waals surface area (Å²) in [4.78, 5) is 11.9. The third-order valence-corrected chi connectivity index (χ3v) is 4.72. The SMILES string of the molecule is COC(=O)c1cccc(Oc2c(C)ccc(NC3CCCCO3)c2C=N)c1N. The number of nitrogens with one attached hydrogen (secondary N) is 2. The minimum absolute atomic E-state index is 0.0873. The molecule has 1 aliphatic rings. The number of esters is 1. The summed E-state index contributed by atoms with van der Waals surface area (Å²) < 4.78 is 16.6. The molecule has 1 unspecified atom stereocenters. The molecule has 0 spiro atoms. The number of benzene rings is 2. The number of hydrogen-bond donors (Lipinski definition) is 3. The third-order valence-electron chi connectivity index (χ3n) is 4.72. The van der Waals surface area contributed by atoms with Crippen molar-refractivity contribution < 1.29 is 19.0 Å². The average Bonchev–Trinajstić information content (AvgIpc) is 2.72. The van der Waals surface area contributed by atoms with Crippen molar-refractivity contribution in [1.82, 2.24) is 0 Å². The van der Waals surface area contributed by atoms with Gasteiger partial charge in [0.2, 0.25) is 0 Å². The van der Waals surface area contributed by atoms with E-state index in [2.05, 4.69) is 5.32 Å². The van der Waals surface area contributed by atoms with E-state index in [9.17, 15) is 4.79 Å².